The van der Waals surface area contributed by atoms with Crippen molar-refractivity contribution in [1.29, 1.82) is 0 Å². The third-order valence-corrected chi connectivity index (χ3v) is 5.45. The van der Waals surface area contributed by atoms with Crippen molar-refractivity contribution in [3.63, 3.8) is 0 Å². The number of nitrogens with zero attached hydrogens (tertiary/aromatic N) is 1. The lowest BCUT2D eigenvalue weighted by atomic mass is 9.89. The number of carbonyl (C=O) groups is 1. The van der Waals surface area contributed by atoms with Gasteiger partial charge in [0.05, 0.1) is 19.1 Å². The van der Waals surface area contributed by atoms with Crippen LogP contribution in [-0.2, 0) is 16.0 Å². The average Bonchev–Trinajstić information content (AvgIpc) is 3.01. The molecule has 2 heterocycles. The van der Waals surface area contributed by atoms with Crippen LogP contribution < -0.4 is 0 Å². The van der Waals surface area contributed by atoms with Gasteiger partial charge in [0.25, 0.3) is 0 Å². The van der Waals surface area contributed by atoms with E-state index in [-0.39, 0.29) is 24.0 Å². The molecule has 2 aliphatic heterocycles. The number of rotatable bonds is 3. The van der Waals surface area contributed by atoms with Crippen LogP contribution in [0.4, 0.5) is 0 Å². The molecule has 0 bridgehead atoms. The van der Waals surface area contributed by atoms with Crippen molar-refractivity contribution in [3.05, 3.63) is 34.9 Å². The second-order valence-corrected chi connectivity index (χ2v) is 6.94. The lowest BCUT2D eigenvalue weighted by Crippen LogP contribution is -2.48. The van der Waals surface area contributed by atoms with Crippen LogP contribution in [0.15, 0.2) is 18.2 Å². The Morgan fingerprint density at radius 2 is 2.04 bits per heavy atom. The highest BCUT2D eigenvalue weighted by atomic mass is 16.5. The van der Waals surface area contributed by atoms with E-state index in [1.54, 1.807) is 0 Å². The molecule has 3 atom stereocenters. The molecule has 4 nitrogen and oxygen atoms in total. The molecular weight excluding hydrogens is 290 g/mol. The lowest BCUT2D eigenvalue weighted by molar-refractivity contribution is -0.135. The number of hydrogen-bond acceptors (Lipinski definition) is 3. The van der Waals surface area contributed by atoms with Gasteiger partial charge in [-0.05, 0) is 49.8 Å². The predicted molar refractivity (Wildman–Crippen MR) is 89.3 cm³/mol. The zero-order chi connectivity index (χ0) is 16.4. The molecule has 4 heteroatoms. The number of carbonyl (C=O) groups excluding carboxylic acids is 1. The molecule has 0 aliphatic carbocycles. The Balaban J connectivity index is 1.73. The maximum Gasteiger partial charge on any atom is 0.227 e. The van der Waals surface area contributed by atoms with Crippen molar-refractivity contribution < 1.29 is 14.6 Å². The second-order valence-electron chi connectivity index (χ2n) is 6.94. The molecule has 2 saturated heterocycles. The molecule has 126 valence electrons. The maximum absolute atomic E-state index is 12.9. The first-order valence-corrected chi connectivity index (χ1v) is 8.68. The minimum absolute atomic E-state index is 0.0631. The number of benzene rings is 1. The Kier molecular flexibility index (Phi) is 5.02. The van der Waals surface area contributed by atoms with Crippen LogP contribution in [0.25, 0.3) is 0 Å². The van der Waals surface area contributed by atoms with Gasteiger partial charge < -0.3 is 14.7 Å². The molecule has 0 radical (unpaired) electrons. The van der Waals surface area contributed by atoms with Crippen LogP contribution in [0.5, 0.6) is 0 Å². The number of likely N-dealkylation sites (tertiary alicyclic amines) is 1. The minimum atomic E-state index is -0.345. The van der Waals surface area contributed by atoms with Gasteiger partial charge in [-0.1, -0.05) is 18.2 Å². The zero-order valence-electron chi connectivity index (χ0n) is 14.1. The van der Waals surface area contributed by atoms with Crippen molar-refractivity contribution in [2.24, 2.45) is 5.92 Å². The van der Waals surface area contributed by atoms with E-state index >= 15 is 0 Å². The van der Waals surface area contributed by atoms with Gasteiger partial charge in [-0.2, -0.15) is 0 Å². The molecule has 1 aromatic rings. The Bertz CT molecular complexity index is 551. The van der Waals surface area contributed by atoms with Crippen LogP contribution in [0.3, 0.4) is 0 Å². The number of amides is 1. The van der Waals surface area contributed by atoms with E-state index in [9.17, 15) is 9.90 Å². The topological polar surface area (TPSA) is 49.8 Å². The van der Waals surface area contributed by atoms with E-state index in [0.717, 1.165) is 24.9 Å². The smallest absolute Gasteiger partial charge is 0.227 e. The number of ether oxygens (including phenoxy) is 1. The van der Waals surface area contributed by atoms with Crippen LogP contribution in [0.1, 0.15) is 36.0 Å². The molecule has 0 spiro atoms. The second kappa shape index (κ2) is 7.02. The fourth-order valence-corrected chi connectivity index (χ4v) is 4.04. The molecule has 0 aromatic heterocycles. The summed E-state index contributed by atoms with van der Waals surface area (Å²) in [6, 6.07) is 6.29. The summed E-state index contributed by atoms with van der Waals surface area (Å²) in [5.74, 6) is 0.246. The molecule has 1 amide bonds. The minimum Gasteiger partial charge on any atom is -0.393 e. The molecule has 0 saturated carbocycles. The van der Waals surface area contributed by atoms with E-state index in [0.29, 0.717) is 26.1 Å². The number of aliphatic hydroxyl groups excluding tert-OH is 1. The monoisotopic (exact) mass is 317 g/mol. The summed E-state index contributed by atoms with van der Waals surface area (Å²) < 4.78 is 5.55. The normalized spacial score (nSPS) is 28.1. The third-order valence-electron chi connectivity index (χ3n) is 5.45. The van der Waals surface area contributed by atoms with E-state index in [1.165, 1.54) is 11.1 Å². The molecule has 1 N–H and O–H groups in total. The molecule has 3 rings (SSSR count). The molecule has 1 aromatic carbocycles. The van der Waals surface area contributed by atoms with Crippen molar-refractivity contribution >= 4 is 5.91 Å². The first-order valence-electron chi connectivity index (χ1n) is 8.68. The largest absolute Gasteiger partial charge is 0.393 e. The molecule has 2 fully saturated rings. The quantitative estimate of drug-likeness (QED) is 0.930. The zero-order valence-corrected chi connectivity index (χ0v) is 14.1. The van der Waals surface area contributed by atoms with Gasteiger partial charge in [0.15, 0.2) is 0 Å². The van der Waals surface area contributed by atoms with E-state index in [4.69, 9.17) is 4.74 Å². The summed E-state index contributed by atoms with van der Waals surface area (Å²) in [5, 5.41) is 10.3. The average molecular weight is 317 g/mol. The van der Waals surface area contributed by atoms with E-state index < -0.39 is 0 Å². The van der Waals surface area contributed by atoms with Gasteiger partial charge in [0.1, 0.15) is 0 Å². The highest BCUT2D eigenvalue weighted by Gasteiger charge is 2.39. The van der Waals surface area contributed by atoms with Crippen LogP contribution in [0.2, 0.25) is 0 Å². The van der Waals surface area contributed by atoms with Crippen LogP contribution >= 0.6 is 0 Å². The highest BCUT2D eigenvalue weighted by molar-refractivity contribution is 5.80. The molecule has 2 aliphatic rings. The highest BCUT2D eigenvalue weighted by Crippen LogP contribution is 2.30. The number of aryl methyl sites for hydroxylation is 2. The van der Waals surface area contributed by atoms with Gasteiger partial charge in [-0.3, -0.25) is 4.79 Å². The Labute approximate surface area is 138 Å². The van der Waals surface area contributed by atoms with Crippen molar-refractivity contribution in [2.75, 3.05) is 19.8 Å². The van der Waals surface area contributed by atoms with Crippen molar-refractivity contribution in [3.8, 4) is 0 Å². The van der Waals surface area contributed by atoms with Crippen LogP contribution in [0, 0.1) is 19.8 Å². The Morgan fingerprint density at radius 1 is 1.30 bits per heavy atom. The SMILES string of the molecule is Cc1cccc(C)c1CC(=O)N1CCC[C@@H]1[C@H]1COCC[C@H]1O. The Hall–Kier alpha value is -1.39. The van der Waals surface area contributed by atoms with Gasteiger partial charge in [0, 0.05) is 25.1 Å². The fraction of sp³-hybridized carbons (Fsp3) is 0.632. The number of aliphatic hydroxyl groups is 1. The summed E-state index contributed by atoms with van der Waals surface area (Å²) in [6.07, 6.45) is 2.79. The van der Waals surface area contributed by atoms with E-state index in [2.05, 4.69) is 26.0 Å². The number of hydrogen-bond donors (Lipinski definition) is 1. The summed E-state index contributed by atoms with van der Waals surface area (Å²) in [4.78, 5) is 14.9. The van der Waals surface area contributed by atoms with Gasteiger partial charge >= 0.3 is 0 Å². The summed E-state index contributed by atoms with van der Waals surface area (Å²) in [6.45, 7) is 6.13. The van der Waals surface area contributed by atoms with E-state index in [1.807, 2.05) is 11.0 Å². The molecular formula is C19H27NO3. The standard InChI is InChI=1S/C19H27NO3/c1-13-5-3-6-14(2)15(13)11-19(22)20-9-4-7-17(20)16-12-23-10-8-18(16)21/h3,5-6,16-18,21H,4,7-12H2,1-2H3/t16-,17-,18-/m1/s1. The summed E-state index contributed by atoms with van der Waals surface area (Å²) in [7, 11) is 0. The third kappa shape index (κ3) is 3.43. The van der Waals surface area contributed by atoms with Gasteiger partial charge in [-0.25, -0.2) is 0 Å². The summed E-state index contributed by atoms with van der Waals surface area (Å²) >= 11 is 0. The molecule has 0 unspecified atom stereocenters. The van der Waals surface area contributed by atoms with Crippen molar-refractivity contribution in [1.82, 2.24) is 4.90 Å². The van der Waals surface area contributed by atoms with Gasteiger partial charge in [-0.15, -0.1) is 0 Å². The van der Waals surface area contributed by atoms with Gasteiger partial charge in [0.2, 0.25) is 5.91 Å². The van der Waals surface area contributed by atoms with Crippen LogP contribution in [-0.4, -0.2) is 47.8 Å². The first-order chi connectivity index (χ1) is 11.1. The maximum atomic E-state index is 12.9. The summed E-state index contributed by atoms with van der Waals surface area (Å²) in [5.41, 5.74) is 3.49. The molecule has 23 heavy (non-hydrogen) atoms. The van der Waals surface area contributed by atoms with Crippen molar-refractivity contribution in [2.45, 2.75) is 51.7 Å². The lowest BCUT2D eigenvalue weighted by Gasteiger charge is -2.37. The predicted octanol–water partition coefficient (Wildman–Crippen LogP) is 2.23. The first kappa shape index (κ1) is 16.5. The Morgan fingerprint density at radius 3 is 2.74 bits per heavy atom. The fourth-order valence-electron chi connectivity index (χ4n) is 4.04.